The molecule has 0 amide bonds. The predicted molar refractivity (Wildman–Crippen MR) is 66.0 cm³/mol. The summed E-state index contributed by atoms with van der Waals surface area (Å²) in [5.74, 6) is 0. The van der Waals surface area contributed by atoms with Crippen LogP contribution in [0.3, 0.4) is 0 Å². The minimum Gasteiger partial charge on any atom is -0.361 e. The number of aliphatic imine (C=N–C) groups is 1. The van der Waals surface area contributed by atoms with Crippen molar-refractivity contribution in [3.8, 4) is 0 Å². The molecule has 0 aromatic carbocycles. The molecule has 0 heterocycles. The van der Waals surface area contributed by atoms with E-state index >= 15 is 0 Å². The Morgan fingerprint density at radius 2 is 1.59 bits per heavy atom. The van der Waals surface area contributed by atoms with Gasteiger partial charge in [-0.3, -0.25) is 0 Å². The number of isocyanates is 1. The first-order chi connectivity index (χ1) is 8.17. The first-order valence-electron chi connectivity index (χ1n) is 5.94. The SMILES string of the molecule is CCO[Si](NC(CC)N=C=O)(OCC)OCC. The normalized spacial score (nSPS) is 13.2. The first-order valence-corrected chi connectivity index (χ1v) is 7.66. The summed E-state index contributed by atoms with van der Waals surface area (Å²) in [5, 5.41) is 0. The maximum atomic E-state index is 10.3. The van der Waals surface area contributed by atoms with E-state index in [1.165, 1.54) is 6.08 Å². The molecule has 0 aliphatic carbocycles. The molecular weight excluding hydrogens is 240 g/mol. The van der Waals surface area contributed by atoms with Crippen molar-refractivity contribution >= 4 is 15.0 Å². The Bertz CT molecular complexity index is 229. The van der Waals surface area contributed by atoms with Gasteiger partial charge in [0.2, 0.25) is 6.08 Å². The molecule has 1 unspecified atom stereocenters. The molecule has 1 atom stereocenters. The van der Waals surface area contributed by atoms with Crippen LogP contribution in [0.4, 0.5) is 0 Å². The van der Waals surface area contributed by atoms with Crippen LogP contribution in [-0.2, 0) is 18.1 Å². The molecule has 0 aromatic heterocycles. The highest BCUT2D eigenvalue weighted by Crippen LogP contribution is 2.09. The van der Waals surface area contributed by atoms with Gasteiger partial charge >= 0.3 is 8.97 Å². The van der Waals surface area contributed by atoms with Gasteiger partial charge in [-0.15, -0.1) is 0 Å². The first kappa shape index (κ1) is 16.4. The van der Waals surface area contributed by atoms with Crippen LogP contribution < -0.4 is 4.98 Å². The van der Waals surface area contributed by atoms with Gasteiger partial charge in [0.15, 0.2) is 0 Å². The maximum Gasteiger partial charge on any atom is 0.598 e. The van der Waals surface area contributed by atoms with Crippen molar-refractivity contribution in [2.24, 2.45) is 4.99 Å². The van der Waals surface area contributed by atoms with E-state index in [1.54, 1.807) is 0 Å². The van der Waals surface area contributed by atoms with Gasteiger partial charge in [0.1, 0.15) is 6.17 Å². The second-order valence-corrected chi connectivity index (χ2v) is 5.41. The molecule has 0 saturated carbocycles. The monoisotopic (exact) mass is 262 g/mol. The van der Waals surface area contributed by atoms with Crippen LogP contribution in [0.1, 0.15) is 34.1 Å². The van der Waals surface area contributed by atoms with Crippen LogP contribution in [-0.4, -0.2) is 41.0 Å². The lowest BCUT2D eigenvalue weighted by Gasteiger charge is -2.30. The minimum atomic E-state index is -2.94. The highest BCUT2D eigenvalue weighted by Gasteiger charge is 2.43. The number of hydrogen-bond donors (Lipinski definition) is 1. The maximum absolute atomic E-state index is 10.3. The van der Waals surface area contributed by atoms with E-state index in [0.717, 1.165) is 0 Å². The third kappa shape index (κ3) is 6.07. The fourth-order valence-corrected chi connectivity index (χ4v) is 3.63. The highest BCUT2D eigenvalue weighted by atomic mass is 28.4. The van der Waals surface area contributed by atoms with Crippen LogP contribution in [0.2, 0.25) is 0 Å². The number of nitrogens with one attached hydrogen (secondary N) is 1. The average molecular weight is 262 g/mol. The van der Waals surface area contributed by atoms with Gasteiger partial charge in [-0.1, -0.05) is 6.92 Å². The summed E-state index contributed by atoms with van der Waals surface area (Å²) in [5.41, 5.74) is 0. The van der Waals surface area contributed by atoms with E-state index in [0.29, 0.717) is 26.2 Å². The summed E-state index contributed by atoms with van der Waals surface area (Å²) in [6.45, 7) is 8.92. The molecule has 0 aromatic rings. The quantitative estimate of drug-likeness (QED) is 0.364. The molecule has 0 bridgehead atoms. The van der Waals surface area contributed by atoms with Crippen LogP contribution in [0.15, 0.2) is 4.99 Å². The molecular formula is C10H22N2O4Si. The Morgan fingerprint density at radius 1 is 1.12 bits per heavy atom. The molecule has 0 rings (SSSR count). The van der Waals surface area contributed by atoms with Gasteiger partial charge < -0.3 is 13.3 Å². The third-order valence-corrected chi connectivity index (χ3v) is 4.63. The molecule has 100 valence electrons. The molecule has 0 saturated heterocycles. The Balaban J connectivity index is 4.77. The molecule has 17 heavy (non-hydrogen) atoms. The Kier molecular flexibility index (Phi) is 9.15. The summed E-state index contributed by atoms with van der Waals surface area (Å²) in [6, 6.07) is 0. The van der Waals surface area contributed by atoms with Crippen molar-refractivity contribution in [2.45, 2.75) is 40.3 Å². The van der Waals surface area contributed by atoms with Gasteiger partial charge in [-0.2, -0.15) is 4.99 Å². The Labute approximate surface area is 104 Å². The predicted octanol–water partition coefficient (Wildman–Crippen LogP) is 1.19. The third-order valence-electron chi connectivity index (χ3n) is 1.94. The molecule has 0 radical (unpaired) electrons. The molecule has 1 N–H and O–H groups in total. The fraction of sp³-hybridized carbons (Fsp3) is 0.900. The molecule has 0 aliphatic rings. The number of nitrogens with zero attached hydrogens (tertiary/aromatic N) is 1. The van der Waals surface area contributed by atoms with E-state index < -0.39 is 8.97 Å². The van der Waals surface area contributed by atoms with Crippen molar-refractivity contribution in [2.75, 3.05) is 19.8 Å². The molecule has 6 nitrogen and oxygen atoms in total. The molecule has 0 fully saturated rings. The number of carbonyl (C=O) groups excluding carboxylic acids is 1. The van der Waals surface area contributed by atoms with E-state index in [9.17, 15) is 4.79 Å². The topological polar surface area (TPSA) is 69.2 Å². The van der Waals surface area contributed by atoms with Gasteiger partial charge in [0.25, 0.3) is 0 Å². The Morgan fingerprint density at radius 3 is 1.88 bits per heavy atom. The summed E-state index contributed by atoms with van der Waals surface area (Å²) in [4.78, 5) is 17.0. The summed E-state index contributed by atoms with van der Waals surface area (Å²) in [7, 11) is -2.94. The van der Waals surface area contributed by atoms with E-state index in [4.69, 9.17) is 13.3 Å². The highest BCUT2D eigenvalue weighted by molar-refractivity contribution is 6.58. The summed E-state index contributed by atoms with van der Waals surface area (Å²) in [6.07, 6.45) is 1.79. The standard InChI is InChI=1S/C10H22N2O4Si/c1-5-10(11-9-13)12-17(14-6-2,15-7-3)16-8-4/h10,12H,5-8H2,1-4H3. The van der Waals surface area contributed by atoms with Crippen molar-refractivity contribution in [3.05, 3.63) is 0 Å². The van der Waals surface area contributed by atoms with E-state index in [1.807, 2.05) is 27.7 Å². The lowest BCUT2D eigenvalue weighted by Crippen LogP contribution is -2.61. The fourth-order valence-electron chi connectivity index (χ4n) is 1.31. The second kappa shape index (κ2) is 9.47. The largest absolute Gasteiger partial charge is 0.598 e. The lowest BCUT2D eigenvalue weighted by molar-refractivity contribution is 0.0562. The van der Waals surface area contributed by atoms with Crippen molar-refractivity contribution in [3.63, 3.8) is 0 Å². The number of hydrogen-bond acceptors (Lipinski definition) is 6. The lowest BCUT2D eigenvalue weighted by atomic mass is 10.4. The minimum absolute atomic E-state index is 0.385. The van der Waals surface area contributed by atoms with Gasteiger partial charge in [-0.05, 0) is 27.2 Å². The smallest absolute Gasteiger partial charge is 0.361 e. The zero-order valence-corrected chi connectivity index (χ0v) is 12.0. The van der Waals surface area contributed by atoms with E-state index in [-0.39, 0.29) is 6.17 Å². The summed E-state index contributed by atoms with van der Waals surface area (Å²) < 4.78 is 16.7. The number of rotatable bonds is 10. The molecule has 0 aliphatic heterocycles. The Hall–Kier alpha value is -0.563. The zero-order valence-electron chi connectivity index (χ0n) is 11.0. The van der Waals surface area contributed by atoms with Crippen LogP contribution in [0, 0.1) is 0 Å². The van der Waals surface area contributed by atoms with Gasteiger partial charge in [-0.25, -0.2) is 9.78 Å². The van der Waals surface area contributed by atoms with Gasteiger partial charge in [0.05, 0.1) is 0 Å². The summed E-state index contributed by atoms with van der Waals surface area (Å²) >= 11 is 0. The molecule has 7 heteroatoms. The average Bonchev–Trinajstić information content (AvgIpc) is 2.29. The van der Waals surface area contributed by atoms with E-state index in [2.05, 4.69) is 9.97 Å². The molecule has 0 spiro atoms. The second-order valence-electron chi connectivity index (χ2n) is 3.14. The van der Waals surface area contributed by atoms with Gasteiger partial charge in [0, 0.05) is 19.8 Å². The van der Waals surface area contributed by atoms with Crippen molar-refractivity contribution in [1.29, 1.82) is 0 Å². The van der Waals surface area contributed by atoms with Crippen LogP contribution in [0.5, 0.6) is 0 Å². The van der Waals surface area contributed by atoms with Crippen LogP contribution >= 0.6 is 0 Å². The zero-order chi connectivity index (χ0) is 13.1. The van der Waals surface area contributed by atoms with Crippen molar-refractivity contribution < 1.29 is 18.1 Å². The van der Waals surface area contributed by atoms with Crippen LogP contribution in [0.25, 0.3) is 0 Å². The van der Waals surface area contributed by atoms with Crippen molar-refractivity contribution in [1.82, 2.24) is 4.98 Å².